The average molecular weight is 213 g/mol. The molecule has 0 aromatic rings. The summed E-state index contributed by atoms with van der Waals surface area (Å²) < 4.78 is 4.87. The molecule has 1 atom stereocenters. The topological polar surface area (TPSA) is 38.3 Å². The van der Waals surface area contributed by atoms with Gasteiger partial charge in [-0.2, -0.15) is 0 Å². The van der Waals surface area contributed by atoms with Gasteiger partial charge in [-0.05, 0) is 18.8 Å². The summed E-state index contributed by atoms with van der Waals surface area (Å²) in [6, 6.07) is 0.228. The number of hydrogen-bond acceptors (Lipinski definition) is 3. The van der Waals surface area contributed by atoms with Gasteiger partial charge in [-0.1, -0.05) is 33.1 Å². The Morgan fingerprint density at radius 3 is 2.33 bits per heavy atom. The zero-order valence-electron chi connectivity index (χ0n) is 10.1. The van der Waals surface area contributed by atoms with E-state index in [0.717, 1.165) is 12.8 Å². The summed E-state index contributed by atoms with van der Waals surface area (Å²) >= 11 is 0. The van der Waals surface area contributed by atoms with E-state index in [2.05, 4.69) is 19.2 Å². The summed E-state index contributed by atoms with van der Waals surface area (Å²) in [6.45, 7) is 4.14. The average Bonchev–Trinajstić information content (AvgIpc) is 2.26. The summed E-state index contributed by atoms with van der Waals surface area (Å²) in [4.78, 5) is 11.7. The van der Waals surface area contributed by atoms with Gasteiger partial charge in [0.05, 0.1) is 7.11 Å². The van der Waals surface area contributed by atoms with Crippen molar-refractivity contribution in [3.8, 4) is 0 Å². The Bertz CT molecular complexity index is 198. The van der Waals surface area contributed by atoms with E-state index >= 15 is 0 Å². The van der Waals surface area contributed by atoms with E-state index in [1.54, 1.807) is 0 Å². The first-order valence-electron chi connectivity index (χ1n) is 5.99. The lowest BCUT2D eigenvalue weighted by Crippen LogP contribution is -2.47. The normalized spacial score (nSPS) is 20.3. The maximum atomic E-state index is 11.7. The lowest BCUT2D eigenvalue weighted by atomic mass is 9.83. The van der Waals surface area contributed by atoms with Crippen molar-refractivity contribution < 1.29 is 9.53 Å². The first-order valence-corrected chi connectivity index (χ1v) is 5.99. The number of methoxy groups -OCH3 is 1. The van der Waals surface area contributed by atoms with Crippen LogP contribution in [0.5, 0.6) is 0 Å². The standard InChI is InChI=1S/C12H23NO2/c1-9(2)13-11(12(14)15-3)10-7-5-4-6-8-10/h9-11,13H,4-8H2,1-3H3/t11-/m0/s1. The Labute approximate surface area is 92.6 Å². The van der Waals surface area contributed by atoms with Crippen LogP contribution in [0.15, 0.2) is 0 Å². The van der Waals surface area contributed by atoms with E-state index in [4.69, 9.17) is 4.74 Å². The molecular weight excluding hydrogens is 190 g/mol. The molecule has 0 spiro atoms. The molecule has 88 valence electrons. The van der Waals surface area contributed by atoms with Crippen molar-refractivity contribution >= 4 is 5.97 Å². The van der Waals surface area contributed by atoms with Gasteiger partial charge in [-0.15, -0.1) is 0 Å². The molecule has 1 fully saturated rings. The van der Waals surface area contributed by atoms with Crippen LogP contribution in [0.25, 0.3) is 0 Å². The number of rotatable bonds is 4. The van der Waals surface area contributed by atoms with Gasteiger partial charge in [0, 0.05) is 6.04 Å². The number of ether oxygens (including phenoxy) is 1. The zero-order valence-corrected chi connectivity index (χ0v) is 10.1. The van der Waals surface area contributed by atoms with Crippen molar-refractivity contribution in [2.75, 3.05) is 7.11 Å². The number of carbonyl (C=O) groups is 1. The lowest BCUT2D eigenvalue weighted by molar-refractivity contribution is -0.145. The summed E-state index contributed by atoms with van der Waals surface area (Å²) in [7, 11) is 1.47. The minimum atomic E-state index is -0.102. The highest BCUT2D eigenvalue weighted by atomic mass is 16.5. The third kappa shape index (κ3) is 3.82. The zero-order chi connectivity index (χ0) is 11.3. The van der Waals surface area contributed by atoms with Crippen molar-refractivity contribution in [2.45, 2.75) is 58.0 Å². The second-order valence-corrected chi connectivity index (χ2v) is 4.72. The third-order valence-electron chi connectivity index (χ3n) is 3.09. The largest absolute Gasteiger partial charge is 0.468 e. The Kier molecular flexibility index (Phi) is 5.09. The molecule has 0 bridgehead atoms. The molecule has 1 N–H and O–H groups in total. The van der Waals surface area contributed by atoms with E-state index in [9.17, 15) is 4.79 Å². The maximum absolute atomic E-state index is 11.7. The van der Waals surface area contributed by atoms with Crippen molar-refractivity contribution in [3.63, 3.8) is 0 Å². The van der Waals surface area contributed by atoms with Crippen molar-refractivity contribution in [3.05, 3.63) is 0 Å². The van der Waals surface area contributed by atoms with Crippen LogP contribution in [-0.2, 0) is 9.53 Å². The first kappa shape index (κ1) is 12.5. The number of carbonyl (C=O) groups excluding carboxylic acids is 1. The minimum absolute atomic E-state index is 0.101. The smallest absolute Gasteiger partial charge is 0.323 e. The fraction of sp³-hybridized carbons (Fsp3) is 0.917. The molecule has 0 aromatic carbocycles. The molecule has 1 rings (SSSR count). The summed E-state index contributed by atoms with van der Waals surface area (Å²) in [5.74, 6) is 0.365. The van der Waals surface area contributed by atoms with Crippen LogP contribution in [-0.4, -0.2) is 25.2 Å². The Balaban J connectivity index is 2.57. The monoisotopic (exact) mass is 213 g/mol. The molecular formula is C12H23NO2. The maximum Gasteiger partial charge on any atom is 0.323 e. The molecule has 15 heavy (non-hydrogen) atoms. The van der Waals surface area contributed by atoms with Crippen molar-refractivity contribution in [2.24, 2.45) is 5.92 Å². The van der Waals surface area contributed by atoms with Crippen LogP contribution in [0.4, 0.5) is 0 Å². The Morgan fingerprint density at radius 1 is 1.27 bits per heavy atom. The summed E-state index contributed by atoms with van der Waals surface area (Å²) in [6.07, 6.45) is 6.11. The number of hydrogen-bond donors (Lipinski definition) is 1. The van der Waals surface area contributed by atoms with Gasteiger partial charge in [0.1, 0.15) is 6.04 Å². The SMILES string of the molecule is COC(=O)[C@@H](NC(C)C)C1CCCCC1. The second-order valence-electron chi connectivity index (χ2n) is 4.72. The lowest BCUT2D eigenvalue weighted by Gasteiger charge is -2.30. The van der Waals surface area contributed by atoms with E-state index < -0.39 is 0 Å². The van der Waals surface area contributed by atoms with Gasteiger partial charge < -0.3 is 10.1 Å². The van der Waals surface area contributed by atoms with Crippen LogP contribution < -0.4 is 5.32 Å². The molecule has 3 nitrogen and oxygen atoms in total. The fourth-order valence-electron chi connectivity index (χ4n) is 2.35. The Morgan fingerprint density at radius 2 is 1.87 bits per heavy atom. The van der Waals surface area contributed by atoms with Gasteiger partial charge in [-0.25, -0.2) is 0 Å². The van der Waals surface area contributed by atoms with Crippen LogP contribution in [0.2, 0.25) is 0 Å². The highest BCUT2D eigenvalue weighted by Gasteiger charge is 2.30. The molecule has 0 heterocycles. The van der Waals surface area contributed by atoms with Gasteiger partial charge in [0.25, 0.3) is 0 Å². The summed E-state index contributed by atoms with van der Waals surface area (Å²) in [5, 5.41) is 3.33. The van der Waals surface area contributed by atoms with E-state index in [-0.39, 0.29) is 12.0 Å². The number of nitrogens with one attached hydrogen (secondary N) is 1. The van der Waals surface area contributed by atoms with Crippen molar-refractivity contribution in [1.82, 2.24) is 5.32 Å². The molecule has 0 aliphatic heterocycles. The molecule has 1 aliphatic carbocycles. The molecule has 0 aromatic heterocycles. The molecule has 0 radical (unpaired) electrons. The van der Waals surface area contributed by atoms with Crippen LogP contribution in [0.3, 0.4) is 0 Å². The van der Waals surface area contributed by atoms with Crippen LogP contribution in [0, 0.1) is 5.92 Å². The first-order chi connectivity index (χ1) is 7.15. The number of esters is 1. The fourth-order valence-corrected chi connectivity index (χ4v) is 2.35. The second kappa shape index (κ2) is 6.11. The van der Waals surface area contributed by atoms with Gasteiger partial charge in [0.15, 0.2) is 0 Å². The highest BCUT2D eigenvalue weighted by Crippen LogP contribution is 2.27. The molecule has 1 aliphatic rings. The minimum Gasteiger partial charge on any atom is -0.468 e. The molecule has 3 heteroatoms. The summed E-state index contributed by atoms with van der Waals surface area (Å²) in [5.41, 5.74) is 0. The molecule has 0 saturated heterocycles. The van der Waals surface area contributed by atoms with E-state index in [1.807, 2.05) is 0 Å². The van der Waals surface area contributed by atoms with Gasteiger partial charge in [0.2, 0.25) is 0 Å². The van der Waals surface area contributed by atoms with Crippen LogP contribution >= 0.6 is 0 Å². The molecule has 0 amide bonds. The predicted octanol–water partition coefficient (Wildman–Crippen LogP) is 2.11. The van der Waals surface area contributed by atoms with Crippen LogP contribution in [0.1, 0.15) is 46.0 Å². The van der Waals surface area contributed by atoms with E-state index in [1.165, 1.54) is 26.4 Å². The van der Waals surface area contributed by atoms with Gasteiger partial charge >= 0.3 is 5.97 Å². The highest BCUT2D eigenvalue weighted by molar-refractivity contribution is 5.76. The predicted molar refractivity (Wildman–Crippen MR) is 60.7 cm³/mol. The quantitative estimate of drug-likeness (QED) is 0.727. The van der Waals surface area contributed by atoms with E-state index in [0.29, 0.717) is 12.0 Å². The Hall–Kier alpha value is -0.570. The third-order valence-corrected chi connectivity index (χ3v) is 3.09. The van der Waals surface area contributed by atoms with Gasteiger partial charge in [-0.3, -0.25) is 4.79 Å². The molecule has 1 saturated carbocycles. The molecule has 0 unspecified atom stereocenters. The van der Waals surface area contributed by atoms with Crippen molar-refractivity contribution in [1.29, 1.82) is 0 Å².